The highest BCUT2D eigenvalue weighted by Crippen LogP contribution is 2.22. The van der Waals surface area contributed by atoms with Gasteiger partial charge in [-0.15, -0.1) is 0 Å². The zero-order valence-corrected chi connectivity index (χ0v) is 12.6. The van der Waals surface area contributed by atoms with E-state index in [1.165, 1.54) is 6.08 Å². The Morgan fingerprint density at radius 1 is 1.17 bits per heavy atom. The molecule has 0 bridgehead atoms. The summed E-state index contributed by atoms with van der Waals surface area (Å²) in [6.45, 7) is -0.253. The Morgan fingerprint density at radius 3 is 2.52 bits per heavy atom. The molecule has 2 amide bonds. The van der Waals surface area contributed by atoms with Crippen molar-refractivity contribution in [2.75, 3.05) is 18.5 Å². The lowest BCUT2D eigenvalue weighted by molar-refractivity contribution is -0.137. The lowest BCUT2D eigenvalue weighted by atomic mass is 10.1. The van der Waals surface area contributed by atoms with Crippen molar-refractivity contribution in [1.29, 1.82) is 0 Å². The molecule has 1 aromatic heterocycles. The monoisotopic (exact) mass is 312 g/mol. The highest BCUT2D eigenvalue weighted by molar-refractivity contribution is 6.17. The molecular formula is C16H16N4O3. The van der Waals surface area contributed by atoms with Crippen LogP contribution in [0.1, 0.15) is 0 Å². The normalized spacial score (nSPS) is 14.3. The Morgan fingerprint density at radius 2 is 1.91 bits per heavy atom. The number of aryl methyl sites for hydroxylation is 1. The summed E-state index contributed by atoms with van der Waals surface area (Å²) >= 11 is 0. The van der Waals surface area contributed by atoms with Gasteiger partial charge in [0, 0.05) is 25.0 Å². The van der Waals surface area contributed by atoms with Gasteiger partial charge in [0.05, 0.1) is 18.8 Å². The molecule has 1 aromatic carbocycles. The molecule has 23 heavy (non-hydrogen) atoms. The van der Waals surface area contributed by atoms with E-state index in [-0.39, 0.29) is 18.8 Å². The quantitative estimate of drug-likeness (QED) is 0.795. The molecule has 7 nitrogen and oxygen atoms in total. The molecule has 1 aliphatic heterocycles. The predicted octanol–water partition coefficient (Wildman–Crippen LogP) is 0.744. The Labute approximate surface area is 132 Å². The Bertz CT molecular complexity index is 777. The number of amides is 2. The van der Waals surface area contributed by atoms with E-state index in [9.17, 15) is 9.59 Å². The number of aliphatic hydroxyl groups is 1. The van der Waals surface area contributed by atoms with Crippen molar-refractivity contribution in [2.24, 2.45) is 7.05 Å². The van der Waals surface area contributed by atoms with Crippen LogP contribution in [-0.4, -0.2) is 44.8 Å². The molecular weight excluding hydrogens is 296 g/mol. The van der Waals surface area contributed by atoms with Gasteiger partial charge < -0.3 is 10.4 Å². The molecule has 2 heterocycles. The number of carbonyl (C=O) groups excluding carboxylic acids is 2. The zero-order valence-electron chi connectivity index (χ0n) is 12.6. The van der Waals surface area contributed by atoms with E-state index in [0.717, 1.165) is 16.2 Å². The fourth-order valence-corrected chi connectivity index (χ4v) is 2.45. The van der Waals surface area contributed by atoms with Gasteiger partial charge >= 0.3 is 0 Å². The number of nitrogens with zero attached hydrogens (tertiary/aromatic N) is 3. The van der Waals surface area contributed by atoms with Gasteiger partial charge in [-0.2, -0.15) is 5.10 Å². The number of benzene rings is 1. The van der Waals surface area contributed by atoms with Crippen LogP contribution in [0.25, 0.3) is 11.3 Å². The highest BCUT2D eigenvalue weighted by atomic mass is 16.3. The number of β-amino-alcohol motifs (C(OH)–C–C–N with tert-alkyl or cyclic N) is 1. The first-order chi connectivity index (χ1) is 11.1. The average molecular weight is 312 g/mol. The first-order valence-corrected chi connectivity index (χ1v) is 7.14. The molecule has 1 aliphatic rings. The SMILES string of the molecule is Cn1nccc1-c1ccc(NC2=CC(=O)N(CCO)C2=O)cc1. The lowest BCUT2D eigenvalue weighted by Crippen LogP contribution is -2.34. The topological polar surface area (TPSA) is 87.5 Å². The van der Waals surface area contributed by atoms with Gasteiger partial charge in [-0.3, -0.25) is 19.2 Å². The summed E-state index contributed by atoms with van der Waals surface area (Å²) in [6, 6.07) is 9.39. The maximum Gasteiger partial charge on any atom is 0.277 e. The summed E-state index contributed by atoms with van der Waals surface area (Å²) in [5, 5.41) is 16.0. The van der Waals surface area contributed by atoms with Crippen molar-refractivity contribution in [3.8, 4) is 11.3 Å². The smallest absolute Gasteiger partial charge is 0.277 e. The van der Waals surface area contributed by atoms with Crippen molar-refractivity contribution in [1.82, 2.24) is 14.7 Å². The molecule has 3 rings (SSSR count). The van der Waals surface area contributed by atoms with Gasteiger partial charge in [0.2, 0.25) is 0 Å². The van der Waals surface area contributed by atoms with Crippen LogP contribution in [0.2, 0.25) is 0 Å². The third-order valence-corrected chi connectivity index (χ3v) is 3.61. The van der Waals surface area contributed by atoms with Crippen molar-refractivity contribution in [3.05, 3.63) is 48.3 Å². The Kier molecular flexibility index (Phi) is 3.94. The van der Waals surface area contributed by atoms with Crippen LogP contribution in [0.15, 0.2) is 48.3 Å². The van der Waals surface area contributed by atoms with E-state index >= 15 is 0 Å². The number of aromatic nitrogens is 2. The van der Waals surface area contributed by atoms with Gasteiger partial charge in [0.15, 0.2) is 0 Å². The lowest BCUT2D eigenvalue weighted by Gasteiger charge is -2.13. The fraction of sp³-hybridized carbons (Fsp3) is 0.188. The van der Waals surface area contributed by atoms with E-state index < -0.39 is 11.8 Å². The second-order valence-electron chi connectivity index (χ2n) is 5.12. The summed E-state index contributed by atoms with van der Waals surface area (Å²) in [7, 11) is 1.87. The van der Waals surface area contributed by atoms with E-state index in [4.69, 9.17) is 5.11 Å². The number of nitrogens with one attached hydrogen (secondary N) is 1. The largest absolute Gasteiger partial charge is 0.395 e. The van der Waals surface area contributed by atoms with Crippen LogP contribution in [0.3, 0.4) is 0 Å². The summed E-state index contributed by atoms with van der Waals surface area (Å²) in [5.41, 5.74) is 2.89. The van der Waals surface area contributed by atoms with E-state index in [1.807, 2.05) is 37.4 Å². The Balaban J connectivity index is 1.75. The molecule has 2 N–H and O–H groups in total. The van der Waals surface area contributed by atoms with Gasteiger partial charge in [0.25, 0.3) is 11.8 Å². The number of rotatable bonds is 5. The molecule has 0 unspecified atom stereocenters. The van der Waals surface area contributed by atoms with E-state index in [2.05, 4.69) is 10.4 Å². The number of aliphatic hydroxyl groups excluding tert-OH is 1. The second kappa shape index (κ2) is 6.05. The predicted molar refractivity (Wildman–Crippen MR) is 84.2 cm³/mol. The van der Waals surface area contributed by atoms with Gasteiger partial charge in [0.1, 0.15) is 5.70 Å². The molecule has 0 saturated heterocycles. The number of carbonyl (C=O) groups is 2. The van der Waals surface area contributed by atoms with Crippen LogP contribution >= 0.6 is 0 Å². The minimum absolute atomic E-state index is 0.00122. The second-order valence-corrected chi connectivity index (χ2v) is 5.12. The van der Waals surface area contributed by atoms with Gasteiger partial charge in [-0.25, -0.2) is 0 Å². The van der Waals surface area contributed by atoms with Crippen molar-refractivity contribution in [3.63, 3.8) is 0 Å². The zero-order chi connectivity index (χ0) is 16.4. The minimum Gasteiger partial charge on any atom is -0.395 e. The third-order valence-electron chi connectivity index (χ3n) is 3.61. The molecule has 7 heteroatoms. The molecule has 2 aromatic rings. The Hall–Kier alpha value is -2.93. The molecule has 0 spiro atoms. The van der Waals surface area contributed by atoms with E-state index in [1.54, 1.807) is 10.9 Å². The maximum atomic E-state index is 12.1. The minimum atomic E-state index is -0.431. The summed E-state index contributed by atoms with van der Waals surface area (Å²) in [6.07, 6.45) is 2.97. The maximum absolute atomic E-state index is 12.1. The fourth-order valence-electron chi connectivity index (χ4n) is 2.45. The molecule has 0 fully saturated rings. The number of imide groups is 1. The molecule has 0 radical (unpaired) electrons. The first kappa shape index (κ1) is 15.0. The van der Waals surface area contributed by atoms with Crippen molar-refractivity contribution in [2.45, 2.75) is 0 Å². The highest BCUT2D eigenvalue weighted by Gasteiger charge is 2.30. The van der Waals surface area contributed by atoms with Crippen molar-refractivity contribution >= 4 is 17.5 Å². The van der Waals surface area contributed by atoms with Gasteiger partial charge in [-0.05, 0) is 23.8 Å². The first-order valence-electron chi connectivity index (χ1n) is 7.14. The molecule has 0 saturated carbocycles. The summed E-state index contributed by atoms with van der Waals surface area (Å²) in [4.78, 5) is 24.8. The number of hydrogen-bond acceptors (Lipinski definition) is 5. The van der Waals surface area contributed by atoms with E-state index in [0.29, 0.717) is 5.69 Å². The van der Waals surface area contributed by atoms with Crippen LogP contribution in [0.4, 0.5) is 5.69 Å². The number of anilines is 1. The average Bonchev–Trinajstić information content (AvgIpc) is 3.07. The summed E-state index contributed by atoms with van der Waals surface area (Å²) < 4.78 is 1.77. The van der Waals surface area contributed by atoms with Crippen LogP contribution < -0.4 is 5.32 Å². The number of hydrogen-bond donors (Lipinski definition) is 2. The third kappa shape index (κ3) is 2.86. The van der Waals surface area contributed by atoms with Crippen LogP contribution in [0.5, 0.6) is 0 Å². The van der Waals surface area contributed by atoms with Crippen LogP contribution in [0, 0.1) is 0 Å². The van der Waals surface area contributed by atoms with Crippen LogP contribution in [-0.2, 0) is 16.6 Å². The summed E-state index contributed by atoms with van der Waals surface area (Å²) in [5.74, 6) is -0.849. The molecule has 0 aliphatic carbocycles. The molecule has 118 valence electrons. The molecule has 0 atom stereocenters. The standard InChI is InChI=1S/C16H16N4O3/c1-19-14(6-7-17-19)11-2-4-12(5-3-11)18-13-10-15(22)20(8-9-21)16(13)23/h2-7,10,18,21H,8-9H2,1H3. The van der Waals surface area contributed by atoms with Crippen molar-refractivity contribution < 1.29 is 14.7 Å². The van der Waals surface area contributed by atoms with Gasteiger partial charge in [-0.1, -0.05) is 12.1 Å².